The summed E-state index contributed by atoms with van der Waals surface area (Å²) in [7, 11) is 0. The predicted octanol–water partition coefficient (Wildman–Crippen LogP) is 3.76. The largest absolute Gasteiger partial charge is 0.337 e. The molecule has 0 amide bonds. The van der Waals surface area contributed by atoms with Gasteiger partial charge in [-0.3, -0.25) is 0 Å². The van der Waals surface area contributed by atoms with Gasteiger partial charge in [-0.15, -0.1) is 0 Å². The van der Waals surface area contributed by atoms with Gasteiger partial charge >= 0.3 is 0 Å². The first-order valence-corrected chi connectivity index (χ1v) is 8.56. The van der Waals surface area contributed by atoms with E-state index < -0.39 is 0 Å². The quantitative estimate of drug-likeness (QED) is 0.801. The highest BCUT2D eigenvalue weighted by Crippen LogP contribution is 2.48. The molecular formula is C17H29N3. The third-order valence-electron chi connectivity index (χ3n) is 5.55. The highest BCUT2D eigenvalue weighted by Gasteiger charge is 2.37. The molecule has 112 valence electrons. The van der Waals surface area contributed by atoms with E-state index in [0.717, 1.165) is 18.0 Å². The molecule has 0 radical (unpaired) electrons. The average Bonchev–Trinajstić information content (AvgIpc) is 3.13. The van der Waals surface area contributed by atoms with Crippen LogP contribution >= 0.6 is 0 Å². The van der Waals surface area contributed by atoms with Crippen molar-refractivity contribution in [1.82, 2.24) is 14.9 Å². The third kappa shape index (κ3) is 3.63. The topological polar surface area (TPSA) is 29.9 Å². The Morgan fingerprint density at radius 2 is 1.90 bits per heavy atom. The third-order valence-corrected chi connectivity index (χ3v) is 5.55. The molecule has 1 aromatic rings. The number of aromatic nitrogens is 2. The minimum atomic E-state index is 0.777. The van der Waals surface area contributed by atoms with Gasteiger partial charge in [0.25, 0.3) is 0 Å². The normalized spacial score (nSPS) is 22.6. The number of imidazole rings is 1. The molecule has 3 nitrogen and oxygen atoms in total. The van der Waals surface area contributed by atoms with Crippen LogP contribution in [-0.4, -0.2) is 22.1 Å². The smallest absolute Gasteiger partial charge is 0.0945 e. The molecule has 20 heavy (non-hydrogen) atoms. The van der Waals surface area contributed by atoms with Gasteiger partial charge in [0, 0.05) is 25.0 Å². The van der Waals surface area contributed by atoms with Crippen molar-refractivity contribution in [3.63, 3.8) is 0 Å². The van der Waals surface area contributed by atoms with Gasteiger partial charge in [-0.1, -0.05) is 12.8 Å². The average molecular weight is 275 g/mol. The number of rotatable bonds is 6. The van der Waals surface area contributed by atoms with Gasteiger partial charge in [-0.05, 0) is 63.3 Å². The first-order chi connectivity index (χ1) is 9.86. The van der Waals surface area contributed by atoms with E-state index >= 15 is 0 Å². The number of nitrogens with zero attached hydrogens (tertiary/aromatic N) is 2. The van der Waals surface area contributed by atoms with Crippen molar-refractivity contribution in [2.45, 2.75) is 76.8 Å². The fourth-order valence-corrected chi connectivity index (χ4v) is 4.20. The molecule has 3 rings (SSSR count). The first kappa shape index (κ1) is 14.1. The first-order valence-electron chi connectivity index (χ1n) is 8.56. The van der Waals surface area contributed by atoms with E-state index in [9.17, 15) is 0 Å². The molecule has 0 atom stereocenters. The molecule has 2 saturated carbocycles. The second-order valence-electron chi connectivity index (χ2n) is 6.94. The van der Waals surface area contributed by atoms with Crippen LogP contribution in [0.25, 0.3) is 0 Å². The van der Waals surface area contributed by atoms with Crippen LogP contribution in [0.2, 0.25) is 0 Å². The van der Waals surface area contributed by atoms with E-state index in [-0.39, 0.29) is 0 Å². The van der Waals surface area contributed by atoms with Crippen molar-refractivity contribution in [2.75, 3.05) is 6.54 Å². The minimum absolute atomic E-state index is 0.777. The predicted molar refractivity (Wildman–Crippen MR) is 82.6 cm³/mol. The molecule has 1 spiro atoms. The van der Waals surface area contributed by atoms with Gasteiger partial charge in [-0.2, -0.15) is 0 Å². The summed E-state index contributed by atoms with van der Waals surface area (Å²) in [6, 6.07) is 0.800. The van der Waals surface area contributed by atoms with E-state index in [4.69, 9.17) is 0 Å². The van der Waals surface area contributed by atoms with Crippen molar-refractivity contribution >= 4 is 0 Å². The number of nitrogens with one attached hydrogen (secondary N) is 1. The zero-order valence-corrected chi connectivity index (χ0v) is 12.7. The molecule has 3 heteroatoms. The highest BCUT2D eigenvalue weighted by atomic mass is 15.0. The van der Waals surface area contributed by atoms with Crippen LogP contribution in [0.15, 0.2) is 18.7 Å². The van der Waals surface area contributed by atoms with Gasteiger partial charge in [0.15, 0.2) is 0 Å². The molecule has 0 aliphatic heterocycles. The van der Waals surface area contributed by atoms with Crippen molar-refractivity contribution in [3.05, 3.63) is 18.7 Å². The Morgan fingerprint density at radius 3 is 2.60 bits per heavy atom. The Bertz CT molecular complexity index is 369. The van der Waals surface area contributed by atoms with Crippen molar-refractivity contribution < 1.29 is 0 Å². The molecule has 0 saturated heterocycles. The lowest BCUT2D eigenvalue weighted by atomic mass is 9.71. The number of hydrogen-bond acceptors (Lipinski definition) is 2. The molecule has 0 bridgehead atoms. The van der Waals surface area contributed by atoms with Gasteiger partial charge in [0.05, 0.1) is 6.33 Å². The minimum Gasteiger partial charge on any atom is -0.337 e. The second kappa shape index (κ2) is 6.75. The molecule has 1 N–H and O–H groups in total. The highest BCUT2D eigenvalue weighted by molar-refractivity contribution is 4.91. The van der Waals surface area contributed by atoms with Gasteiger partial charge < -0.3 is 9.88 Å². The number of aryl methyl sites for hydroxylation is 1. The summed E-state index contributed by atoms with van der Waals surface area (Å²) < 4.78 is 2.17. The Hall–Kier alpha value is -0.830. The molecular weight excluding hydrogens is 246 g/mol. The fourth-order valence-electron chi connectivity index (χ4n) is 4.20. The van der Waals surface area contributed by atoms with Gasteiger partial charge in [0.2, 0.25) is 0 Å². The van der Waals surface area contributed by atoms with Crippen LogP contribution in [-0.2, 0) is 6.54 Å². The van der Waals surface area contributed by atoms with Crippen LogP contribution in [0.1, 0.15) is 64.2 Å². The SMILES string of the molecule is c1cn(CCCCNC2CCC3(CCCC3)CC2)cn1. The maximum atomic E-state index is 4.08. The molecule has 2 aliphatic carbocycles. The van der Waals surface area contributed by atoms with E-state index in [2.05, 4.69) is 21.1 Å². The van der Waals surface area contributed by atoms with Crippen molar-refractivity contribution in [2.24, 2.45) is 5.41 Å². The zero-order chi connectivity index (χ0) is 13.7. The zero-order valence-electron chi connectivity index (χ0n) is 12.7. The molecule has 0 unspecified atom stereocenters. The summed E-state index contributed by atoms with van der Waals surface area (Å²) >= 11 is 0. The number of unbranched alkanes of at least 4 members (excludes halogenated alkanes) is 1. The summed E-state index contributed by atoms with van der Waals surface area (Å²) in [5.74, 6) is 0. The lowest BCUT2D eigenvalue weighted by molar-refractivity contribution is 0.168. The fraction of sp³-hybridized carbons (Fsp3) is 0.824. The van der Waals surface area contributed by atoms with Crippen LogP contribution in [0, 0.1) is 5.41 Å². The Balaban J connectivity index is 1.26. The summed E-state index contributed by atoms with van der Waals surface area (Å²) in [6.45, 7) is 2.29. The maximum absolute atomic E-state index is 4.08. The van der Waals surface area contributed by atoms with E-state index in [0.29, 0.717) is 0 Å². The lowest BCUT2D eigenvalue weighted by Gasteiger charge is -2.37. The van der Waals surface area contributed by atoms with Crippen LogP contribution in [0.4, 0.5) is 0 Å². The standard InChI is InChI=1S/C17H29N3/c1-2-8-17(7-1)9-5-16(6-10-17)19-11-3-4-13-20-14-12-18-15-20/h12,14-16,19H,1-11,13H2. The molecule has 1 aromatic heterocycles. The molecule has 0 aromatic carbocycles. The van der Waals surface area contributed by atoms with E-state index in [1.54, 1.807) is 0 Å². The Kier molecular flexibility index (Phi) is 4.77. The molecule has 2 fully saturated rings. The molecule has 2 aliphatic rings. The molecule has 1 heterocycles. The maximum Gasteiger partial charge on any atom is 0.0945 e. The van der Waals surface area contributed by atoms with Crippen LogP contribution in [0.3, 0.4) is 0 Å². The Labute approximate surface area is 123 Å². The van der Waals surface area contributed by atoms with Crippen molar-refractivity contribution in [1.29, 1.82) is 0 Å². The summed E-state index contributed by atoms with van der Waals surface area (Å²) in [5, 5.41) is 3.78. The van der Waals surface area contributed by atoms with Crippen LogP contribution in [0.5, 0.6) is 0 Å². The monoisotopic (exact) mass is 275 g/mol. The van der Waals surface area contributed by atoms with Gasteiger partial charge in [-0.25, -0.2) is 4.98 Å². The summed E-state index contributed by atoms with van der Waals surface area (Å²) in [6.07, 6.45) is 20.2. The number of hydrogen-bond donors (Lipinski definition) is 1. The second-order valence-corrected chi connectivity index (χ2v) is 6.94. The lowest BCUT2D eigenvalue weighted by Crippen LogP contribution is -2.37. The summed E-state index contributed by atoms with van der Waals surface area (Å²) in [4.78, 5) is 4.08. The van der Waals surface area contributed by atoms with Crippen molar-refractivity contribution in [3.8, 4) is 0 Å². The summed E-state index contributed by atoms with van der Waals surface area (Å²) in [5.41, 5.74) is 0.777. The van der Waals surface area contributed by atoms with Crippen LogP contribution < -0.4 is 5.32 Å². The Morgan fingerprint density at radius 1 is 1.10 bits per heavy atom. The van der Waals surface area contributed by atoms with E-state index in [1.807, 2.05) is 12.5 Å². The van der Waals surface area contributed by atoms with E-state index in [1.165, 1.54) is 70.8 Å². The van der Waals surface area contributed by atoms with Gasteiger partial charge in [0.1, 0.15) is 0 Å².